The smallest absolute Gasteiger partial charge is 0.177 e. The SMILES string of the molecule is COc1ccc(C(=O)C(Br)CCl)cc1Cl. The molecule has 0 fully saturated rings. The summed E-state index contributed by atoms with van der Waals surface area (Å²) in [6, 6.07) is 4.89. The van der Waals surface area contributed by atoms with Crippen molar-refractivity contribution in [2.75, 3.05) is 13.0 Å². The topological polar surface area (TPSA) is 26.3 Å². The van der Waals surface area contributed by atoms with Crippen molar-refractivity contribution in [3.8, 4) is 5.75 Å². The highest BCUT2D eigenvalue weighted by Gasteiger charge is 2.16. The quantitative estimate of drug-likeness (QED) is 0.628. The van der Waals surface area contributed by atoms with Crippen molar-refractivity contribution in [2.24, 2.45) is 0 Å². The number of halogens is 3. The maximum Gasteiger partial charge on any atom is 0.177 e. The van der Waals surface area contributed by atoms with Gasteiger partial charge in [-0.1, -0.05) is 27.5 Å². The number of Topliss-reactive ketones (excluding diaryl/α,β-unsaturated/α-hetero) is 1. The first kappa shape index (κ1) is 12.8. The van der Waals surface area contributed by atoms with Crippen molar-refractivity contribution in [1.29, 1.82) is 0 Å². The fourth-order valence-corrected chi connectivity index (χ4v) is 1.73. The third-order valence-corrected chi connectivity index (χ3v) is 3.57. The van der Waals surface area contributed by atoms with Crippen LogP contribution in [0.4, 0.5) is 0 Å². The molecule has 1 unspecified atom stereocenters. The molecule has 0 heterocycles. The van der Waals surface area contributed by atoms with Gasteiger partial charge in [-0.25, -0.2) is 0 Å². The first-order valence-electron chi connectivity index (χ1n) is 4.18. The van der Waals surface area contributed by atoms with Crippen LogP contribution in [0.25, 0.3) is 0 Å². The Kier molecular flexibility index (Phi) is 4.90. The molecule has 82 valence electrons. The van der Waals surface area contributed by atoms with E-state index in [2.05, 4.69) is 15.9 Å². The second-order valence-corrected chi connectivity index (χ2v) is 4.66. The Labute approximate surface area is 107 Å². The van der Waals surface area contributed by atoms with Gasteiger partial charge < -0.3 is 4.74 Å². The van der Waals surface area contributed by atoms with Gasteiger partial charge in [0.25, 0.3) is 0 Å². The van der Waals surface area contributed by atoms with Crippen LogP contribution in [0.5, 0.6) is 5.75 Å². The molecule has 0 aliphatic carbocycles. The number of carbonyl (C=O) groups is 1. The Morgan fingerprint density at radius 1 is 1.60 bits per heavy atom. The zero-order valence-corrected chi connectivity index (χ0v) is 11.1. The molecule has 0 amide bonds. The van der Waals surface area contributed by atoms with E-state index in [9.17, 15) is 4.79 Å². The largest absolute Gasteiger partial charge is 0.495 e. The fraction of sp³-hybridized carbons (Fsp3) is 0.300. The number of alkyl halides is 2. The van der Waals surface area contributed by atoms with E-state index in [1.165, 1.54) is 7.11 Å². The summed E-state index contributed by atoms with van der Waals surface area (Å²) < 4.78 is 4.99. The summed E-state index contributed by atoms with van der Waals surface area (Å²) in [7, 11) is 1.52. The molecule has 0 saturated heterocycles. The summed E-state index contributed by atoms with van der Waals surface area (Å²) in [5.74, 6) is 0.683. The zero-order valence-electron chi connectivity index (χ0n) is 7.97. The van der Waals surface area contributed by atoms with E-state index in [1.807, 2.05) is 0 Å². The second-order valence-electron chi connectivity index (χ2n) is 2.84. The van der Waals surface area contributed by atoms with Gasteiger partial charge in [0, 0.05) is 11.4 Å². The molecule has 2 nitrogen and oxygen atoms in total. The van der Waals surface area contributed by atoms with Gasteiger partial charge in [0.2, 0.25) is 0 Å². The molecule has 0 radical (unpaired) electrons. The monoisotopic (exact) mass is 310 g/mol. The molecule has 1 rings (SSSR count). The van der Waals surface area contributed by atoms with Crippen molar-refractivity contribution in [2.45, 2.75) is 4.83 Å². The van der Waals surface area contributed by atoms with Crippen molar-refractivity contribution in [3.63, 3.8) is 0 Å². The molecule has 0 aromatic heterocycles. The number of hydrogen-bond donors (Lipinski definition) is 0. The molecule has 0 saturated carbocycles. The second kappa shape index (κ2) is 5.73. The Balaban J connectivity index is 2.97. The van der Waals surface area contributed by atoms with Gasteiger partial charge >= 0.3 is 0 Å². The van der Waals surface area contributed by atoms with Crippen LogP contribution in [0.3, 0.4) is 0 Å². The van der Waals surface area contributed by atoms with Crippen LogP contribution in [-0.4, -0.2) is 23.6 Å². The van der Waals surface area contributed by atoms with Crippen LogP contribution < -0.4 is 4.74 Å². The van der Waals surface area contributed by atoms with Crippen molar-refractivity contribution >= 4 is 44.9 Å². The Morgan fingerprint density at radius 3 is 2.73 bits per heavy atom. The Morgan fingerprint density at radius 2 is 2.27 bits per heavy atom. The lowest BCUT2D eigenvalue weighted by atomic mass is 10.1. The average molecular weight is 312 g/mol. The van der Waals surface area contributed by atoms with Gasteiger partial charge in [-0.05, 0) is 18.2 Å². The minimum absolute atomic E-state index is 0.0884. The minimum Gasteiger partial charge on any atom is -0.495 e. The van der Waals surface area contributed by atoms with E-state index in [0.717, 1.165) is 0 Å². The van der Waals surface area contributed by atoms with Crippen LogP contribution in [0.15, 0.2) is 18.2 Å². The number of carbonyl (C=O) groups excluding carboxylic acids is 1. The summed E-state index contributed by atoms with van der Waals surface area (Å²) in [6.07, 6.45) is 0. The van der Waals surface area contributed by atoms with Gasteiger partial charge in [0.05, 0.1) is 17.0 Å². The van der Waals surface area contributed by atoms with Crippen molar-refractivity contribution < 1.29 is 9.53 Å². The summed E-state index contributed by atoms with van der Waals surface area (Å²) in [5.41, 5.74) is 0.517. The first-order chi connectivity index (χ1) is 7.10. The standard InChI is InChI=1S/C10H9BrCl2O2/c1-15-9-3-2-6(4-8(9)13)10(14)7(11)5-12/h2-4,7H,5H2,1H3. The molecule has 5 heteroatoms. The van der Waals surface area contributed by atoms with E-state index < -0.39 is 0 Å². The number of ether oxygens (including phenoxy) is 1. The summed E-state index contributed by atoms with van der Waals surface area (Å²) >= 11 is 14.6. The van der Waals surface area contributed by atoms with Crippen LogP contribution >= 0.6 is 39.1 Å². The molecular formula is C10H9BrCl2O2. The van der Waals surface area contributed by atoms with Crippen LogP contribution in [0.1, 0.15) is 10.4 Å². The molecule has 0 bridgehead atoms. The molecule has 0 N–H and O–H groups in total. The molecule has 1 aromatic carbocycles. The van der Waals surface area contributed by atoms with Crippen molar-refractivity contribution in [3.05, 3.63) is 28.8 Å². The van der Waals surface area contributed by atoms with E-state index in [0.29, 0.717) is 16.3 Å². The highest BCUT2D eigenvalue weighted by Crippen LogP contribution is 2.26. The summed E-state index contributed by atoms with van der Waals surface area (Å²) in [6.45, 7) is 0. The van der Waals surface area contributed by atoms with Gasteiger partial charge in [-0.2, -0.15) is 0 Å². The lowest BCUT2D eigenvalue weighted by Gasteiger charge is -2.07. The minimum atomic E-state index is -0.386. The molecule has 0 aliphatic rings. The summed E-state index contributed by atoms with van der Waals surface area (Å²) in [4.78, 5) is 11.3. The molecule has 1 aromatic rings. The van der Waals surface area contributed by atoms with Gasteiger partial charge in [-0.3, -0.25) is 4.79 Å². The first-order valence-corrected chi connectivity index (χ1v) is 6.00. The number of ketones is 1. The third-order valence-electron chi connectivity index (χ3n) is 1.86. The summed E-state index contributed by atoms with van der Waals surface area (Å²) in [5, 5.41) is 0.414. The van der Waals surface area contributed by atoms with E-state index in [-0.39, 0.29) is 16.5 Å². The predicted molar refractivity (Wildman–Crippen MR) is 65.8 cm³/mol. The maximum atomic E-state index is 11.7. The normalized spacial score (nSPS) is 12.3. The van der Waals surface area contributed by atoms with E-state index in [1.54, 1.807) is 18.2 Å². The highest BCUT2D eigenvalue weighted by molar-refractivity contribution is 9.10. The molecule has 15 heavy (non-hydrogen) atoms. The lowest BCUT2D eigenvalue weighted by molar-refractivity contribution is 0.0997. The van der Waals surface area contributed by atoms with Gasteiger partial charge in [0.15, 0.2) is 5.78 Å². The number of benzene rings is 1. The third kappa shape index (κ3) is 3.10. The van der Waals surface area contributed by atoms with Crippen molar-refractivity contribution in [1.82, 2.24) is 0 Å². The molecular weight excluding hydrogens is 303 g/mol. The Hall–Kier alpha value is -0.250. The van der Waals surface area contributed by atoms with Crippen LogP contribution in [0.2, 0.25) is 5.02 Å². The number of hydrogen-bond acceptors (Lipinski definition) is 2. The van der Waals surface area contributed by atoms with Gasteiger partial charge in [0.1, 0.15) is 5.75 Å². The lowest BCUT2D eigenvalue weighted by Crippen LogP contribution is -2.15. The number of methoxy groups -OCH3 is 1. The van der Waals surface area contributed by atoms with Crippen LogP contribution in [0, 0.1) is 0 Å². The zero-order chi connectivity index (χ0) is 11.4. The van der Waals surface area contributed by atoms with E-state index >= 15 is 0 Å². The molecule has 1 atom stereocenters. The van der Waals surface area contributed by atoms with E-state index in [4.69, 9.17) is 27.9 Å². The van der Waals surface area contributed by atoms with Crippen LogP contribution in [-0.2, 0) is 0 Å². The molecule has 0 aliphatic heterocycles. The molecule has 0 spiro atoms. The van der Waals surface area contributed by atoms with Gasteiger partial charge in [-0.15, -0.1) is 11.6 Å². The Bertz CT molecular complexity index is 368. The maximum absolute atomic E-state index is 11.7. The number of rotatable bonds is 4. The highest BCUT2D eigenvalue weighted by atomic mass is 79.9. The predicted octanol–water partition coefficient (Wildman–Crippen LogP) is 3.53. The average Bonchev–Trinajstić information content (AvgIpc) is 2.26. The fourth-order valence-electron chi connectivity index (χ4n) is 1.07.